The highest BCUT2D eigenvalue weighted by Crippen LogP contribution is 2.18. The molecule has 0 saturated heterocycles. The van der Waals surface area contributed by atoms with Crippen molar-refractivity contribution in [3.8, 4) is 0 Å². The summed E-state index contributed by atoms with van der Waals surface area (Å²) >= 11 is 11.3. The molecule has 1 aromatic rings. The third kappa shape index (κ3) is 2.36. The predicted octanol–water partition coefficient (Wildman–Crippen LogP) is 2.06. The van der Waals surface area contributed by atoms with E-state index >= 15 is 0 Å². The molecule has 1 heterocycles. The van der Waals surface area contributed by atoms with Crippen molar-refractivity contribution in [2.24, 2.45) is 0 Å². The van der Waals surface area contributed by atoms with Crippen LogP contribution in [0.2, 0.25) is 10.2 Å². The maximum atomic E-state index is 9.84. The third-order valence-electron chi connectivity index (χ3n) is 1.20. The van der Waals surface area contributed by atoms with E-state index in [1.54, 1.807) is 0 Å². The van der Waals surface area contributed by atoms with E-state index in [9.17, 15) is 4.79 Å². The molecule has 64 valence electrons. The summed E-state index contributed by atoms with van der Waals surface area (Å²) in [5.74, 6) is 0. The van der Waals surface area contributed by atoms with Gasteiger partial charge in [-0.05, 0) is 6.07 Å². The van der Waals surface area contributed by atoms with Crippen molar-refractivity contribution in [2.75, 3.05) is 0 Å². The van der Waals surface area contributed by atoms with Gasteiger partial charge in [-0.1, -0.05) is 23.2 Å². The molecule has 0 unspecified atom stereocenters. The number of nitrogens with zero attached hydrogens (tertiary/aromatic N) is 1. The molecule has 1 aromatic heterocycles. The average molecular weight is 206 g/mol. The fourth-order valence-electron chi connectivity index (χ4n) is 0.666. The molecular weight excluding hydrogens is 201 g/mol. The Bertz CT molecular complexity index is 291. The van der Waals surface area contributed by atoms with Gasteiger partial charge in [0.1, 0.15) is 11.8 Å². The number of pyridine rings is 1. The summed E-state index contributed by atoms with van der Waals surface area (Å²) in [6.45, 7) is 0.470. The molecule has 0 atom stereocenters. The van der Waals surface area contributed by atoms with Gasteiger partial charge in [0.15, 0.2) is 0 Å². The zero-order valence-corrected chi connectivity index (χ0v) is 7.47. The lowest BCUT2D eigenvalue weighted by Crippen LogP contribution is -1.92. The van der Waals surface area contributed by atoms with Gasteiger partial charge in [0.25, 0.3) is 6.47 Å². The fourth-order valence-corrected chi connectivity index (χ4v) is 1.09. The minimum Gasteiger partial charge on any atom is -0.463 e. The first kappa shape index (κ1) is 9.29. The predicted molar refractivity (Wildman–Crippen MR) is 45.1 cm³/mol. The van der Waals surface area contributed by atoms with Crippen LogP contribution in [0.3, 0.4) is 0 Å². The molecule has 5 heteroatoms. The molecule has 3 nitrogen and oxygen atoms in total. The smallest absolute Gasteiger partial charge is 0.293 e. The SMILES string of the molecule is O=COCc1cnc(Cl)cc1Cl. The van der Waals surface area contributed by atoms with E-state index in [4.69, 9.17) is 23.2 Å². The summed E-state index contributed by atoms with van der Waals surface area (Å²) in [7, 11) is 0. The topological polar surface area (TPSA) is 39.2 Å². The zero-order chi connectivity index (χ0) is 8.97. The summed E-state index contributed by atoms with van der Waals surface area (Å²) in [4.78, 5) is 13.6. The zero-order valence-electron chi connectivity index (χ0n) is 5.96. The van der Waals surface area contributed by atoms with Gasteiger partial charge in [0.2, 0.25) is 0 Å². The first-order valence-electron chi connectivity index (χ1n) is 3.09. The van der Waals surface area contributed by atoms with E-state index in [1.165, 1.54) is 12.3 Å². The Kier molecular flexibility index (Phi) is 3.31. The number of hydrogen-bond donors (Lipinski definition) is 0. The molecular formula is C7H5Cl2NO2. The molecule has 0 bridgehead atoms. The largest absolute Gasteiger partial charge is 0.463 e. The summed E-state index contributed by atoms with van der Waals surface area (Å²) in [5, 5.41) is 0.756. The quantitative estimate of drug-likeness (QED) is 0.561. The van der Waals surface area contributed by atoms with Crippen molar-refractivity contribution in [3.63, 3.8) is 0 Å². The van der Waals surface area contributed by atoms with Crippen LogP contribution in [0.25, 0.3) is 0 Å². The molecule has 0 aromatic carbocycles. The Balaban J connectivity index is 2.78. The normalized spacial score (nSPS) is 9.50. The van der Waals surface area contributed by atoms with E-state index in [0.717, 1.165) is 0 Å². The number of halogens is 2. The second-order valence-corrected chi connectivity index (χ2v) is 2.80. The highest BCUT2D eigenvalue weighted by atomic mass is 35.5. The van der Waals surface area contributed by atoms with E-state index in [2.05, 4.69) is 9.72 Å². The number of hydrogen-bond acceptors (Lipinski definition) is 3. The number of aromatic nitrogens is 1. The van der Waals surface area contributed by atoms with Crippen LogP contribution in [0.4, 0.5) is 0 Å². The van der Waals surface area contributed by atoms with Crippen molar-refractivity contribution in [1.29, 1.82) is 0 Å². The summed E-state index contributed by atoms with van der Waals surface area (Å²) in [5.41, 5.74) is 0.633. The molecule has 0 spiro atoms. The van der Waals surface area contributed by atoms with Gasteiger partial charge in [-0.2, -0.15) is 0 Å². The van der Waals surface area contributed by atoms with Gasteiger partial charge < -0.3 is 4.74 Å². The van der Waals surface area contributed by atoms with Crippen LogP contribution in [-0.2, 0) is 16.1 Å². The van der Waals surface area contributed by atoms with Gasteiger partial charge >= 0.3 is 0 Å². The Morgan fingerprint density at radius 2 is 2.33 bits per heavy atom. The highest BCUT2D eigenvalue weighted by molar-refractivity contribution is 6.34. The van der Waals surface area contributed by atoms with Crippen molar-refractivity contribution in [1.82, 2.24) is 4.98 Å². The van der Waals surface area contributed by atoms with Crippen molar-refractivity contribution >= 4 is 29.7 Å². The molecule has 0 saturated carbocycles. The Labute approximate surface area is 79.3 Å². The Hall–Kier alpha value is -0.800. The number of rotatable bonds is 3. The second kappa shape index (κ2) is 4.28. The minimum absolute atomic E-state index is 0.118. The van der Waals surface area contributed by atoms with Crippen LogP contribution in [0.15, 0.2) is 12.3 Å². The van der Waals surface area contributed by atoms with Crippen molar-refractivity contribution in [2.45, 2.75) is 6.61 Å². The van der Waals surface area contributed by atoms with E-state index in [0.29, 0.717) is 22.2 Å². The van der Waals surface area contributed by atoms with Gasteiger partial charge in [-0.3, -0.25) is 4.79 Å². The Morgan fingerprint density at radius 3 is 2.92 bits per heavy atom. The van der Waals surface area contributed by atoms with Crippen LogP contribution < -0.4 is 0 Å². The van der Waals surface area contributed by atoms with Crippen molar-refractivity contribution < 1.29 is 9.53 Å². The monoisotopic (exact) mass is 205 g/mol. The first-order chi connectivity index (χ1) is 5.74. The number of carbonyl (C=O) groups excluding carboxylic acids is 1. The molecule has 0 aliphatic carbocycles. The van der Waals surface area contributed by atoms with Crippen LogP contribution >= 0.6 is 23.2 Å². The third-order valence-corrected chi connectivity index (χ3v) is 1.76. The maximum absolute atomic E-state index is 9.84. The Morgan fingerprint density at radius 1 is 1.58 bits per heavy atom. The van der Waals surface area contributed by atoms with Gasteiger partial charge in [-0.15, -0.1) is 0 Å². The van der Waals surface area contributed by atoms with Crippen LogP contribution in [0.5, 0.6) is 0 Å². The van der Waals surface area contributed by atoms with E-state index in [-0.39, 0.29) is 6.61 Å². The standard InChI is InChI=1S/C7H5Cl2NO2/c8-6-1-7(9)10-2-5(6)3-12-4-11/h1-2,4H,3H2. The molecule has 0 aliphatic rings. The van der Waals surface area contributed by atoms with Crippen LogP contribution in [0, 0.1) is 0 Å². The molecule has 0 aliphatic heterocycles. The van der Waals surface area contributed by atoms with E-state index in [1.807, 2.05) is 0 Å². The molecule has 0 N–H and O–H groups in total. The lowest BCUT2D eigenvalue weighted by molar-refractivity contribution is -0.129. The van der Waals surface area contributed by atoms with Gasteiger partial charge in [0.05, 0.1) is 5.02 Å². The number of ether oxygens (including phenoxy) is 1. The molecule has 0 fully saturated rings. The van der Waals surface area contributed by atoms with Crippen LogP contribution in [0.1, 0.15) is 5.56 Å². The average Bonchev–Trinajstić information content (AvgIpc) is 2.03. The molecule has 0 radical (unpaired) electrons. The molecule has 0 amide bonds. The lowest BCUT2D eigenvalue weighted by Gasteiger charge is -2.01. The van der Waals surface area contributed by atoms with Crippen molar-refractivity contribution in [3.05, 3.63) is 28.0 Å². The molecule has 12 heavy (non-hydrogen) atoms. The summed E-state index contributed by atoms with van der Waals surface area (Å²) < 4.78 is 4.49. The van der Waals surface area contributed by atoms with Gasteiger partial charge in [0, 0.05) is 11.8 Å². The maximum Gasteiger partial charge on any atom is 0.293 e. The summed E-state index contributed by atoms with van der Waals surface area (Å²) in [6, 6.07) is 1.49. The van der Waals surface area contributed by atoms with E-state index < -0.39 is 0 Å². The highest BCUT2D eigenvalue weighted by Gasteiger charge is 2.01. The summed E-state index contributed by atoms with van der Waals surface area (Å²) in [6.07, 6.45) is 1.47. The minimum atomic E-state index is 0.118. The lowest BCUT2D eigenvalue weighted by atomic mass is 10.3. The number of carbonyl (C=O) groups is 1. The second-order valence-electron chi connectivity index (χ2n) is 2.01. The fraction of sp³-hybridized carbons (Fsp3) is 0.143. The first-order valence-corrected chi connectivity index (χ1v) is 3.85. The van der Waals surface area contributed by atoms with Gasteiger partial charge in [-0.25, -0.2) is 4.98 Å². The molecule has 1 rings (SSSR count). The van der Waals surface area contributed by atoms with Crippen LogP contribution in [-0.4, -0.2) is 11.5 Å².